The van der Waals surface area contributed by atoms with Crippen LogP contribution in [0.5, 0.6) is 5.75 Å². The van der Waals surface area contributed by atoms with Crippen LogP contribution in [0.1, 0.15) is 54.0 Å². The monoisotopic (exact) mass is 320 g/mol. The number of benzene rings is 1. The van der Waals surface area contributed by atoms with Gasteiger partial charge in [0.1, 0.15) is 5.75 Å². The second-order valence-electron chi connectivity index (χ2n) is 8.14. The molecule has 1 aliphatic heterocycles. The van der Waals surface area contributed by atoms with Gasteiger partial charge in [-0.1, -0.05) is 32.9 Å². The van der Waals surface area contributed by atoms with Crippen LogP contribution in [0.15, 0.2) is 18.2 Å². The summed E-state index contributed by atoms with van der Waals surface area (Å²) in [5.74, 6) is 0.735. The van der Waals surface area contributed by atoms with Crippen LogP contribution in [-0.4, -0.2) is 32.2 Å². The van der Waals surface area contributed by atoms with E-state index in [1.54, 1.807) is 7.11 Å². The van der Waals surface area contributed by atoms with E-state index in [-0.39, 0.29) is 23.4 Å². The Kier molecular flexibility index (Phi) is 4.87. The highest BCUT2D eigenvalue weighted by Crippen LogP contribution is 2.37. The highest BCUT2D eigenvalue weighted by atomic mass is 16.7. The Balaban J connectivity index is 2.42. The Morgan fingerprint density at radius 2 is 1.61 bits per heavy atom. The zero-order valence-corrected chi connectivity index (χ0v) is 15.6. The van der Waals surface area contributed by atoms with Crippen molar-refractivity contribution in [2.45, 2.75) is 65.1 Å². The average molecular weight is 320 g/mol. The molecule has 0 bridgehead atoms. The summed E-state index contributed by atoms with van der Waals surface area (Å²) in [5.41, 5.74) is 1.40. The van der Waals surface area contributed by atoms with Crippen LogP contribution >= 0.6 is 0 Å². The van der Waals surface area contributed by atoms with Crippen molar-refractivity contribution < 1.29 is 18.8 Å². The molecule has 0 saturated carbocycles. The topological polar surface area (TPSA) is 36.9 Å². The largest absolute Gasteiger partial charge is 0.498 e. The summed E-state index contributed by atoms with van der Waals surface area (Å²) < 4.78 is 23.2. The maximum Gasteiger partial charge on any atom is 0.498 e. The van der Waals surface area contributed by atoms with Gasteiger partial charge >= 0.3 is 7.12 Å². The number of hydrogen-bond donors (Lipinski definition) is 0. The first-order chi connectivity index (χ1) is 10.5. The number of rotatable bonds is 4. The molecule has 0 radical (unpaired) electrons. The van der Waals surface area contributed by atoms with E-state index in [9.17, 15) is 0 Å². The van der Waals surface area contributed by atoms with Gasteiger partial charge < -0.3 is 18.8 Å². The summed E-state index contributed by atoms with van der Waals surface area (Å²) in [6.45, 7) is 15.0. The van der Waals surface area contributed by atoms with E-state index in [0.717, 1.165) is 11.2 Å². The second-order valence-corrected chi connectivity index (χ2v) is 8.14. The average Bonchev–Trinajstić information content (AvgIpc) is 2.64. The maximum absolute atomic E-state index is 6.20. The van der Waals surface area contributed by atoms with E-state index in [1.807, 2.05) is 6.07 Å². The minimum Gasteiger partial charge on any atom is -0.468 e. The highest BCUT2D eigenvalue weighted by Gasteiger charge is 2.52. The van der Waals surface area contributed by atoms with Gasteiger partial charge in [-0.25, -0.2) is 0 Å². The SMILES string of the molecule is COCOc1ccc(C(C)(C)C)cc1B1OC(C)(C)C(C)(C)O1. The van der Waals surface area contributed by atoms with Crippen LogP contribution in [0.2, 0.25) is 0 Å². The van der Waals surface area contributed by atoms with E-state index in [4.69, 9.17) is 18.8 Å². The molecular weight excluding hydrogens is 291 g/mol. The summed E-state index contributed by atoms with van der Waals surface area (Å²) in [6.07, 6.45) is 0. The minimum atomic E-state index is -0.450. The fourth-order valence-corrected chi connectivity index (χ4v) is 2.42. The van der Waals surface area contributed by atoms with Crippen molar-refractivity contribution in [3.8, 4) is 5.75 Å². The Labute approximate surface area is 140 Å². The molecule has 5 heteroatoms. The second kappa shape index (κ2) is 6.12. The van der Waals surface area contributed by atoms with Gasteiger partial charge in [0.25, 0.3) is 0 Å². The van der Waals surface area contributed by atoms with E-state index in [0.29, 0.717) is 0 Å². The van der Waals surface area contributed by atoms with Gasteiger partial charge in [0.05, 0.1) is 11.2 Å². The number of hydrogen-bond acceptors (Lipinski definition) is 4. The highest BCUT2D eigenvalue weighted by molar-refractivity contribution is 6.63. The summed E-state index contributed by atoms with van der Waals surface area (Å²) in [6, 6.07) is 6.17. The van der Waals surface area contributed by atoms with E-state index in [1.165, 1.54) is 5.56 Å². The minimum absolute atomic E-state index is 0.0399. The van der Waals surface area contributed by atoms with Crippen molar-refractivity contribution in [3.05, 3.63) is 23.8 Å². The third-order valence-electron chi connectivity index (χ3n) is 4.72. The molecule has 128 valence electrons. The van der Waals surface area contributed by atoms with Gasteiger partial charge in [0.15, 0.2) is 6.79 Å². The predicted octanol–water partition coefficient (Wildman–Crippen LogP) is 3.27. The predicted molar refractivity (Wildman–Crippen MR) is 93.4 cm³/mol. The van der Waals surface area contributed by atoms with Crippen LogP contribution in [-0.2, 0) is 19.5 Å². The molecule has 23 heavy (non-hydrogen) atoms. The van der Waals surface area contributed by atoms with E-state index < -0.39 is 7.12 Å². The van der Waals surface area contributed by atoms with Crippen molar-refractivity contribution in [3.63, 3.8) is 0 Å². The molecule has 4 nitrogen and oxygen atoms in total. The molecule has 1 heterocycles. The normalized spacial score (nSPS) is 19.9. The summed E-state index contributed by atoms with van der Waals surface area (Å²) in [4.78, 5) is 0. The molecule has 0 N–H and O–H groups in total. The summed E-state index contributed by atoms with van der Waals surface area (Å²) >= 11 is 0. The first-order valence-corrected chi connectivity index (χ1v) is 8.10. The molecule has 1 saturated heterocycles. The zero-order valence-electron chi connectivity index (χ0n) is 15.6. The third-order valence-corrected chi connectivity index (χ3v) is 4.72. The van der Waals surface area contributed by atoms with Crippen LogP contribution in [0.4, 0.5) is 0 Å². The Morgan fingerprint density at radius 1 is 1.04 bits per heavy atom. The fraction of sp³-hybridized carbons (Fsp3) is 0.667. The Hall–Kier alpha value is -1.04. The first-order valence-electron chi connectivity index (χ1n) is 8.10. The lowest BCUT2D eigenvalue weighted by molar-refractivity contribution is 0.00578. The molecule has 1 fully saturated rings. The van der Waals surface area contributed by atoms with Crippen molar-refractivity contribution in [1.29, 1.82) is 0 Å². The molecule has 1 aromatic rings. The molecule has 1 aromatic carbocycles. The number of ether oxygens (including phenoxy) is 2. The molecule has 0 spiro atoms. The van der Waals surface area contributed by atoms with Gasteiger partial charge in [-0.3, -0.25) is 0 Å². The molecule has 0 aliphatic carbocycles. The quantitative estimate of drug-likeness (QED) is 0.630. The van der Waals surface area contributed by atoms with Gasteiger partial charge in [0.2, 0.25) is 0 Å². The molecule has 0 unspecified atom stereocenters. The van der Waals surface area contributed by atoms with Crippen LogP contribution in [0, 0.1) is 0 Å². The van der Waals surface area contributed by atoms with Gasteiger partial charge in [0, 0.05) is 12.6 Å². The Morgan fingerprint density at radius 3 is 2.09 bits per heavy atom. The third kappa shape index (κ3) is 3.73. The lowest BCUT2D eigenvalue weighted by Gasteiger charge is -2.32. The number of methoxy groups -OCH3 is 1. The lowest BCUT2D eigenvalue weighted by atomic mass is 9.74. The molecule has 0 amide bonds. The van der Waals surface area contributed by atoms with Crippen molar-refractivity contribution in [1.82, 2.24) is 0 Å². The molecular formula is C18H29BO4. The van der Waals surface area contributed by atoms with Gasteiger partial charge in [-0.2, -0.15) is 0 Å². The molecule has 0 aromatic heterocycles. The molecule has 2 rings (SSSR count). The van der Waals surface area contributed by atoms with Gasteiger partial charge in [-0.15, -0.1) is 0 Å². The first kappa shape index (κ1) is 18.3. The standard InChI is InChI=1S/C18H29BO4/c1-16(2,3)13-9-10-15(21-12-20-8)14(11-13)19-22-17(4,5)18(6,7)23-19/h9-11H,12H2,1-8H3. The lowest BCUT2D eigenvalue weighted by Crippen LogP contribution is -2.41. The zero-order chi connectivity index (χ0) is 17.5. The van der Waals surface area contributed by atoms with E-state index >= 15 is 0 Å². The van der Waals surface area contributed by atoms with Crippen molar-refractivity contribution in [2.75, 3.05) is 13.9 Å². The van der Waals surface area contributed by atoms with Crippen molar-refractivity contribution in [2.24, 2.45) is 0 Å². The molecule has 1 aliphatic rings. The van der Waals surface area contributed by atoms with E-state index in [2.05, 4.69) is 60.6 Å². The summed E-state index contributed by atoms with van der Waals surface area (Å²) in [5, 5.41) is 0. The van der Waals surface area contributed by atoms with Crippen LogP contribution in [0.25, 0.3) is 0 Å². The molecule has 0 atom stereocenters. The van der Waals surface area contributed by atoms with Crippen molar-refractivity contribution >= 4 is 12.6 Å². The fourth-order valence-electron chi connectivity index (χ4n) is 2.42. The van der Waals surface area contributed by atoms with Gasteiger partial charge in [-0.05, 0) is 44.7 Å². The van der Waals surface area contributed by atoms with Crippen LogP contribution < -0.4 is 10.2 Å². The van der Waals surface area contributed by atoms with Crippen LogP contribution in [0.3, 0.4) is 0 Å². The maximum atomic E-state index is 6.20. The smallest absolute Gasteiger partial charge is 0.468 e. The Bertz CT molecular complexity index is 545. The summed E-state index contributed by atoms with van der Waals surface area (Å²) in [7, 11) is 1.16.